The number of anilines is 1. The molecule has 0 aliphatic heterocycles. The average molecular weight is 342 g/mol. The lowest BCUT2D eigenvalue weighted by Crippen LogP contribution is -3.08. The van der Waals surface area contributed by atoms with Crippen LogP contribution in [-0.2, 0) is 11.3 Å². The molecule has 0 saturated heterocycles. The number of hydrogen-bond acceptors (Lipinski definition) is 1. The van der Waals surface area contributed by atoms with Crippen molar-refractivity contribution >= 4 is 34.8 Å². The Hall–Kier alpha value is -1.62. The highest BCUT2D eigenvalue weighted by Gasteiger charge is 2.15. The number of hydrogen-bond donors (Lipinski definition) is 2. The molecule has 1 unspecified atom stereocenters. The van der Waals surface area contributed by atoms with E-state index in [0.717, 1.165) is 10.5 Å². The smallest absolute Gasteiger partial charge is 0.279 e. The fraction of sp³-hybridized carbons (Fsp3) is 0.188. The van der Waals surface area contributed by atoms with E-state index in [0.29, 0.717) is 22.3 Å². The summed E-state index contributed by atoms with van der Waals surface area (Å²) in [5.74, 6) is -0.590. The van der Waals surface area contributed by atoms with Crippen LogP contribution in [0.3, 0.4) is 0 Å². The molecule has 6 heteroatoms. The molecule has 0 aromatic heterocycles. The third-order valence-corrected chi connectivity index (χ3v) is 3.82. The fourth-order valence-electron chi connectivity index (χ4n) is 2.11. The van der Waals surface area contributed by atoms with Crippen LogP contribution in [0.25, 0.3) is 0 Å². The zero-order chi connectivity index (χ0) is 16.1. The van der Waals surface area contributed by atoms with Crippen molar-refractivity contribution in [3.8, 4) is 0 Å². The van der Waals surface area contributed by atoms with E-state index in [1.165, 1.54) is 12.1 Å². The van der Waals surface area contributed by atoms with E-state index in [9.17, 15) is 9.18 Å². The topological polar surface area (TPSA) is 33.5 Å². The number of likely N-dealkylation sites (N-methyl/N-ethyl adjacent to an activating group) is 1. The molecule has 0 heterocycles. The van der Waals surface area contributed by atoms with E-state index in [1.807, 2.05) is 7.05 Å². The molecule has 0 fully saturated rings. The number of quaternary nitrogens is 1. The van der Waals surface area contributed by atoms with Crippen molar-refractivity contribution in [1.29, 1.82) is 0 Å². The summed E-state index contributed by atoms with van der Waals surface area (Å²) in [7, 11) is 1.87. The van der Waals surface area contributed by atoms with Gasteiger partial charge in [0.15, 0.2) is 6.54 Å². The van der Waals surface area contributed by atoms with E-state index in [-0.39, 0.29) is 18.3 Å². The van der Waals surface area contributed by atoms with Gasteiger partial charge in [-0.25, -0.2) is 4.39 Å². The quantitative estimate of drug-likeness (QED) is 0.861. The molecule has 2 aromatic rings. The Balaban J connectivity index is 1.94. The second kappa shape index (κ2) is 7.58. The molecule has 1 atom stereocenters. The van der Waals surface area contributed by atoms with Crippen molar-refractivity contribution in [3.63, 3.8) is 0 Å². The normalized spacial score (nSPS) is 12.0. The first kappa shape index (κ1) is 16.7. The van der Waals surface area contributed by atoms with Gasteiger partial charge >= 0.3 is 0 Å². The number of nitrogens with one attached hydrogen (secondary N) is 2. The maximum absolute atomic E-state index is 13.1. The van der Waals surface area contributed by atoms with Gasteiger partial charge in [0.25, 0.3) is 5.91 Å². The van der Waals surface area contributed by atoms with Crippen LogP contribution in [-0.4, -0.2) is 19.5 Å². The lowest BCUT2D eigenvalue weighted by atomic mass is 10.2. The predicted octanol–water partition coefficient (Wildman–Crippen LogP) is 2.79. The number of rotatable bonds is 5. The van der Waals surface area contributed by atoms with Crippen LogP contribution in [0.5, 0.6) is 0 Å². The Labute approximate surface area is 138 Å². The summed E-state index contributed by atoms with van der Waals surface area (Å²) < 4.78 is 13.1. The minimum Gasteiger partial charge on any atom is -0.326 e. The minimum atomic E-state index is -0.388. The van der Waals surface area contributed by atoms with Gasteiger partial charge in [0, 0.05) is 11.3 Å². The molecule has 0 spiro atoms. The summed E-state index contributed by atoms with van der Waals surface area (Å²) in [4.78, 5) is 12.9. The van der Waals surface area contributed by atoms with Crippen molar-refractivity contribution in [2.24, 2.45) is 0 Å². The molecule has 116 valence electrons. The van der Waals surface area contributed by atoms with E-state index in [4.69, 9.17) is 23.2 Å². The van der Waals surface area contributed by atoms with Gasteiger partial charge in [-0.05, 0) is 30.3 Å². The summed E-state index contributed by atoms with van der Waals surface area (Å²) in [5.41, 5.74) is 1.25. The van der Waals surface area contributed by atoms with Crippen LogP contribution in [0.4, 0.5) is 10.1 Å². The van der Waals surface area contributed by atoms with Crippen molar-refractivity contribution < 1.29 is 14.1 Å². The van der Waals surface area contributed by atoms with Gasteiger partial charge < -0.3 is 10.2 Å². The van der Waals surface area contributed by atoms with Crippen molar-refractivity contribution in [2.75, 3.05) is 18.9 Å². The molecule has 0 aliphatic rings. The molecule has 2 N–H and O–H groups in total. The van der Waals surface area contributed by atoms with Crippen LogP contribution >= 0.6 is 23.2 Å². The molecule has 0 saturated carbocycles. The molecule has 22 heavy (non-hydrogen) atoms. The summed E-state index contributed by atoms with van der Waals surface area (Å²) in [6, 6.07) is 11.1. The molecular weight excluding hydrogens is 326 g/mol. The van der Waals surface area contributed by atoms with Crippen LogP contribution in [0.15, 0.2) is 42.5 Å². The first-order valence-corrected chi connectivity index (χ1v) is 7.51. The van der Waals surface area contributed by atoms with Gasteiger partial charge in [0.1, 0.15) is 12.4 Å². The molecule has 3 nitrogen and oxygen atoms in total. The van der Waals surface area contributed by atoms with Gasteiger partial charge in [-0.15, -0.1) is 0 Å². The average Bonchev–Trinajstić information content (AvgIpc) is 2.43. The number of amides is 1. The zero-order valence-corrected chi connectivity index (χ0v) is 13.5. The summed E-state index contributed by atoms with van der Waals surface area (Å²) in [6.07, 6.45) is 0. The first-order chi connectivity index (χ1) is 10.5. The third kappa shape index (κ3) is 4.70. The highest BCUT2D eigenvalue weighted by molar-refractivity contribution is 6.35. The lowest BCUT2D eigenvalue weighted by molar-refractivity contribution is -0.885. The molecule has 2 aromatic carbocycles. The van der Waals surface area contributed by atoms with Crippen molar-refractivity contribution in [2.45, 2.75) is 6.54 Å². The Kier molecular flexibility index (Phi) is 5.77. The number of carbonyl (C=O) groups excluding carboxylic acids is 1. The van der Waals surface area contributed by atoms with E-state index >= 15 is 0 Å². The van der Waals surface area contributed by atoms with Crippen LogP contribution < -0.4 is 10.2 Å². The van der Waals surface area contributed by atoms with Crippen LogP contribution in [0, 0.1) is 5.82 Å². The summed E-state index contributed by atoms with van der Waals surface area (Å²) in [5, 5.41) is 3.82. The fourth-order valence-corrected chi connectivity index (χ4v) is 2.64. The van der Waals surface area contributed by atoms with Crippen molar-refractivity contribution in [1.82, 2.24) is 0 Å². The van der Waals surface area contributed by atoms with Crippen molar-refractivity contribution in [3.05, 3.63) is 63.9 Å². The first-order valence-electron chi connectivity index (χ1n) is 6.75. The third-order valence-electron chi connectivity index (χ3n) is 3.11. The Morgan fingerprint density at radius 2 is 1.82 bits per heavy atom. The molecule has 0 bridgehead atoms. The van der Waals surface area contributed by atoms with E-state index in [1.54, 1.807) is 30.3 Å². The molecule has 0 radical (unpaired) electrons. The van der Waals surface area contributed by atoms with Crippen LogP contribution in [0.2, 0.25) is 10.0 Å². The summed E-state index contributed by atoms with van der Waals surface area (Å²) >= 11 is 12.2. The molecular formula is C16H16Cl2FN2O+. The number of benzene rings is 2. The molecule has 0 aliphatic carbocycles. The molecule has 2 rings (SSSR count). The highest BCUT2D eigenvalue weighted by Crippen LogP contribution is 2.23. The van der Waals surface area contributed by atoms with Gasteiger partial charge in [-0.3, -0.25) is 4.79 Å². The zero-order valence-electron chi connectivity index (χ0n) is 12.0. The predicted molar refractivity (Wildman–Crippen MR) is 86.9 cm³/mol. The monoisotopic (exact) mass is 341 g/mol. The van der Waals surface area contributed by atoms with Gasteiger partial charge in [-0.2, -0.15) is 0 Å². The van der Waals surface area contributed by atoms with Gasteiger partial charge in [-0.1, -0.05) is 35.3 Å². The van der Waals surface area contributed by atoms with Crippen LogP contribution in [0.1, 0.15) is 5.56 Å². The maximum atomic E-state index is 13.1. The van der Waals surface area contributed by atoms with E-state index < -0.39 is 0 Å². The minimum absolute atomic E-state index is 0.203. The largest absolute Gasteiger partial charge is 0.326 e. The van der Waals surface area contributed by atoms with E-state index in [2.05, 4.69) is 5.32 Å². The van der Waals surface area contributed by atoms with Gasteiger partial charge in [0.05, 0.1) is 17.1 Å². The second-order valence-corrected chi connectivity index (χ2v) is 5.88. The Morgan fingerprint density at radius 1 is 1.18 bits per heavy atom. The second-order valence-electron chi connectivity index (χ2n) is 5.07. The standard InChI is InChI=1S/C16H15Cl2FN2O/c1-21(9-13-14(17)6-3-7-15(13)18)10-16(22)20-12-5-2-4-11(19)8-12/h2-8H,9-10H2,1H3,(H,20,22)/p+1. The molecule has 1 amide bonds. The summed E-state index contributed by atoms with van der Waals surface area (Å²) in [6.45, 7) is 0.743. The Morgan fingerprint density at radius 3 is 2.45 bits per heavy atom. The SMILES string of the molecule is C[NH+](CC(=O)Nc1cccc(F)c1)Cc1c(Cl)cccc1Cl. The highest BCUT2D eigenvalue weighted by atomic mass is 35.5. The van der Waals surface area contributed by atoms with Gasteiger partial charge in [0.2, 0.25) is 0 Å². The number of halogens is 3. The maximum Gasteiger partial charge on any atom is 0.279 e. The Bertz CT molecular complexity index is 659. The lowest BCUT2D eigenvalue weighted by Gasteiger charge is -2.15. The number of carbonyl (C=O) groups is 1.